The summed E-state index contributed by atoms with van der Waals surface area (Å²) >= 11 is 3.12. The van der Waals surface area contributed by atoms with E-state index in [1.165, 1.54) is 30.1 Å². The number of carbonyl (C=O) groups excluding carboxylic acids is 2. The van der Waals surface area contributed by atoms with Crippen molar-refractivity contribution in [2.75, 3.05) is 13.7 Å². The first-order valence-corrected chi connectivity index (χ1v) is 10.8. The van der Waals surface area contributed by atoms with Crippen molar-refractivity contribution < 1.29 is 18.7 Å². The average molecular weight is 444 g/mol. The molecule has 1 unspecified atom stereocenters. The lowest BCUT2D eigenvalue weighted by Crippen LogP contribution is -2.41. The number of primary amides is 1. The number of amides is 2. The van der Waals surface area contributed by atoms with Crippen molar-refractivity contribution in [3.8, 4) is 5.75 Å². The van der Waals surface area contributed by atoms with Gasteiger partial charge in [-0.3, -0.25) is 9.59 Å². The van der Waals surface area contributed by atoms with Crippen molar-refractivity contribution in [2.45, 2.75) is 13.0 Å². The number of hydrogen-bond donors (Lipinski definition) is 1. The Bertz CT molecular complexity index is 1270. The largest absolute Gasteiger partial charge is 0.483 e. The molecule has 4 rings (SSSR count). The van der Waals surface area contributed by atoms with Gasteiger partial charge in [0.1, 0.15) is 17.6 Å². The summed E-state index contributed by atoms with van der Waals surface area (Å²) in [7, 11) is 1.45. The van der Waals surface area contributed by atoms with Crippen LogP contribution in [0.2, 0.25) is 0 Å². The zero-order chi connectivity index (χ0) is 21.4. The number of thiazole rings is 1. The molecule has 0 aliphatic heterocycles. The minimum absolute atomic E-state index is 0.288. The smallest absolute Gasteiger partial charge is 0.261 e. The lowest BCUT2D eigenvalue weighted by molar-refractivity contribution is -0.139. The SMILES string of the molecule is Cc1nc2c(cc(OCC(=O)N(C)C(C(N)=O)c3cccc(F)c3)c3ccsc32)s1. The molecule has 4 aromatic rings. The van der Waals surface area contributed by atoms with Crippen LogP contribution in [0.1, 0.15) is 16.6 Å². The van der Waals surface area contributed by atoms with E-state index in [1.807, 2.05) is 24.4 Å². The molecule has 6 nitrogen and oxygen atoms in total. The van der Waals surface area contributed by atoms with Crippen molar-refractivity contribution in [1.29, 1.82) is 0 Å². The van der Waals surface area contributed by atoms with E-state index in [0.717, 1.165) is 25.3 Å². The third-order valence-corrected chi connectivity index (χ3v) is 6.57. The number of nitrogens with two attached hydrogens (primary N) is 1. The summed E-state index contributed by atoms with van der Waals surface area (Å²) in [6, 6.07) is 8.18. The van der Waals surface area contributed by atoms with Gasteiger partial charge in [0.15, 0.2) is 6.61 Å². The summed E-state index contributed by atoms with van der Waals surface area (Å²) < 4.78 is 21.4. The third-order valence-electron chi connectivity index (χ3n) is 4.73. The zero-order valence-electron chi connectivity index (χ0n) is 16.2. The molecular weight excluding hydrogens is 425 g/mol. The third kappa shape index (κ3) is 3.73. The van der Waals surface area contributed by atoms with Gasteiger partial charge in [0, 0.05) is 18.5 Å². The molecule has 2 aromatic carbocycles. The fraction of sp³-hybridized carbons (Fsp3) is 0.190. The molecule has 0 fully saturated rings. The van der Waals surface area contributed by atoms with E-state index in [9.17, 15) is 14.0 Å². The van der Waals surface area contributed by atoms with E-state index >= 15 is 0 Å². The van der Waals surface area contributed by atoms with Crippen molar-refractivity contribution in [2.24, 2.45) is 5.73 Å². The van der Waals surface area contributed by atoms with Gasteiger partial charge in [0.2, 0.25) is 5.91 Å². The lowest BCUT2D eigenvalue weighted by atomic mass is 10.0. The van der Waals surface area contributed by atoms with Crippen molar-refractivity contribution in [3.05, 3.63) is 58.2 Å². The van der Waals surface area contributed by atoms with Crippen molar-refractivity contribution in [3.63, 3.8) is 0 Å². The van der Waals surface area contributed by atoms with Crippen LogP contribution < -0.4 is 10.5 Å². The van der Waals surface area contributed by atoms with Gasteiger partial charge < -0.3 is 15.4 Å². The van der Waals surface area contributed by atoms with E-state index in [2.05, 4.69) is 4.98 Å². The molecule has 2 heterocycles. The maximum Gasteiger partial charge on any atom is 0.261 e. The molecule has 0 saturated heterocycles. The average Bonchev–Trinajstić information content (AvgIpc) is 3.31. The van der Waals surface area contributed by atoms with E-state index < -0.39 is 23.7 Å². The Morgan fingerprint density at radius 3 is 2.83 bits per heavy atom. The molecule has 1 atom stereocenters. The van der Waals surface area contributed by atoms with Crippen LogP contribution in [0.3, 0.4) is 0 Å². The van der Waals surface area contributed by atoms with E-state index in [-0.39, 0.29) is 6.61 Å². The standard InChI is InChI=1S/C21H18FN3O3S2/c1-11-24-18-16(30-11)9-15(14-6-7-29-20(14)18)28-10-17(26)25(2)19(21(23)27)12-4-3-5-13(22)8-12/h3-9,19H,10H2,1-2H3,(H2,23,27). The number of benzene rings is 2. The zero-order valence-corrected chi connectivity index (χ0v) is 17.8. The summed E-state index contributed by atoms with van der Waals surface area (Å²) in [4.78, 5) is 30.5. The lowest BCUT2D eigenvalue weighted by Gasteiger charge is -2.26. The van der Waals surface area contributed by atoms with Gasteiger partial charge in [-0.05, 0) is 36.1 Å². The highest BCUT2D eigenvalue weighted by Gasteiger charge is 2.27. The van der Waals surface area contributed by atoms with Crippen LogP contribution in [0.25, 0.3) is 20.3 Å². The number of halogens is 1. The Labute approximate surface area is 179 Å². The second-order valence-electron chi connectivity index (χ2n) is 6.77. The molecule has 2 aromatic heterocycles. The number of thiophene rings is 1. The molecule has 0 aliphatic rings. The van der Waals surface area contributed by atoms with Crippen LogP contribution in [0, 0.1) is 12.7 Å². The van der Waals surface area contributed by atoms with E-state index in [1.54, 1.807) is 28.7 Å². The summed E-state index contributed by atoms with van der Waals surface area (Å²) in [5, 5.41) is 3.78. The fourth-order valence-electron chi connectivity index (χ4n) is 3.35. The highest BCUT2D eigenvalue weighted by molar-refractivity contribution is 7.21. The van der Waals surface area contributed by atoms with Gasteiger partial charge in [-0.1, -0.05) is 12.1 Å². The minimum atomic E-state index is -1.09. The second kappa shape index (κ2) is 8.00. The Hall–Kier alpha value is -3.04. The van der Waals surface area contributed by atoms with E-state index in [0.29, 0.717) is 11.3 Å². The molecule has 0 radical (unpaired) electrons. The summed E-state index contributed by atoms with van der Waals surface area (Å²) in [5.74, 6) is -1.14. The molecule has 0 bridgehead atoms. The molecule has 0 aliphatic carbocycles. The van der Waals surface area contributed by atoms with Crippen LogP contribution in [0.5, 0.6) is 5.75 Å². The van der Waals surface area contributed by atoms with Crippen LogP contribution in [-0.2, 0) is 9.59 Å². The Kier molecular flexibility index (Phi) is 5.40. The summed E-state index contributed by atoms with van der Waals surface area (Å²) in [6.07, 6.45) is 0. The monoisotopic (exact) mass is 443 g/mol. The number of nitrogens with zero attached hydrogens (tertiary/aromatic N) is 2. The van der Waals surface area contributed by atoms with Gasteiger partial charge in [0.05, 0.1) is 19.9 Å². The van der Waals surface area contributed by atoms with Crippen molar-refractivity contribution in [1.82, 2.24) is 9.88 Å². The molecule has 30 heavy (non-hydrogen) atoms. The quantitative estimate of drug-likeness (QED) is 0.488. The number of aryl methyl sites for hydroxylation is 1. The molecule has 9 heteroatoms. The highest BCUT2D eigenvalue weighted by atomic mass is 32.1. The topological polar surface area (TPSA) is 85.5 Å². The molecule has 2 N–H and O–H groups in total. The van der Waals surface area contributed by atoms with Gasteiger partial charge in [-0.2, -0.15) is 0 Å². The molecule has 0 spiro atoms. The first-order chi connectivity index (χ1) is 14.3. The van der Waals surface area contributed by atoms with Crippen LogP contribution in [0.15, 0.2) is 41.8 Å². The van der Waals surface area contributed by atoms with E-state index in [4.69, 9.17) is 10.5 Å². The number of aromatic nitrogens is 1. The van der Waals surface area contributed by atoms with Crippen LogP contribution >= 0.6 is 22.7 Å². The maximum atomic E-state index is 13.6. The van der Waals surface area contributed by atoms with Crippen LogP contribution in [0.4, 0.5) is 4.39 Å². The van der Waals surface area contributed by atoms with Gasteiger partial charge in [-0.25, -0.2) is 9.37 Å². The van der Waals surface area contributed by atoms with Crippen molar-refractivity contribution >= 4 is 54.8 Å². The van der Waals surface area contributed by atoms with Gasteiger partial charge >= 0.3 is 0 Å². The Morgan fingerprint density at radius 2 is 2.10 bits per heavy atom. The predicted octanol–water partition coefficient (Wildman–Crippen LogP) is 4.02. The predicted molar refractivity (Wildman–Crippen MR) is 116 cm³/mol. The molecule has 154 valence electrons. The number of hydrogen-bond acceptors (Lipinski definition) is 6. The number of rotatable bonds is 6. The first-order valence-electron chi connectivity index (χ1n) is 9.05. The molecule has 0 saturated carbocycles. The summed E-state index contributed by atoms with van der Waals surface area (Å²) in [6.45, 7) is 1.66. The number of ether oxygens (including phenoxy) is 1. The van der Waals surface area contributed by atoms with Gasteiger partial charge in [0.25, 0.3) is 5.91 Å². The minimum Gasteiger partial charge on any atom is -0.483 e. The second-order valence-corrected chi connectivity index (χ2v) is 8.92. The maximum absolute atomic E-state index is 13.6. The number of fused-ring (bicyclic) bond motifs is 3. The normalized spacial score (nSPS) is 12.2. The van der Waals surface area contributed by atoms with Gasteiger partial charge in [-0.15, -0.1) is 22.7 Å². The Morgan fingerprint density at radius 1 is 1.30 bits per heavy atom. The van der Waals surface area contributed by atoms with Crippen LogP contribution in [-0.4, -0.2) is 35.4 Å². The highest BCUT2D eigenvalue weighted by Crippen LogP contribution is 2.38. The number of likely N-dealkylation sites (N-methyl/N-ethyl adjacent to an activating group) is 1. The Balaban J connectivity index is 1.57. The molecule has 2 amide bonds. The number of carbonyl (C=O) groups is 2. The fourth-order valence-corrected chi connectivity index (χ4v) is 5.18. The first kappa shape index (κ1) is 20.2. The molecular formula is C21H18FN3O3S2. The summed E-state index contributed by atoms with van der Waals surface area (Å²) in [5.41, 5.74) is 6.72.